The van der Waals surface area contributed by atoms with E-state index in [9.17, 15) is 0 Å². The molecule has 0 bridgehead atoms. The first-order valence-electron chi connectivity index (χ1n) is 9.11. The summed E-state index contributed by atoms with van der Waals surface area (Å²) in [5, 5.41) is 0. The third-order valence-electron chi connectivity index (χ3n) is 4.09. The first kappa shape index (κ1) is 19.4. The summed E-state index contributed by atoms with van der Waals surface area (Å²) in [5.41, 5.74) is 1.88. The molecule has 0 aromatic heterocycles. The maximum atomic E-state index is 6.01. The summed E-state index contributed by atoms with van der Waals surface area (Å²) >= 11 is 0. The first-order chi connectivity index (χ1) is 10.8. The molecule has 22 heavy (non-hydrogen) atoms. The summed E-state index contributed by atoms with van der Waals surface area (Å²) in [5.74, 6) is 0. The molecule has 2 nitrogen and oxygen atoms in total. The normalized spacial score (nSPS) is 12.7. The van der Waals surface area contributed by atoms with Crippen LogP contribution in [0.15, 0.2) is 30.3 Å². The standard InChI is InChI=1S/C19H34O2Si/c1-4-7-8-9-10-14-17-19(18-15-12-11-13-16-18)22(20-5-2)21-6-3/h11-13,15-16,19,22H,4-10,14,17H2,1-3H3. The Labute approximate surface area is 139 Å². The van der Waals surface area contributed by atoms with Crippen molar-refractivity contribution in [3.63, 3.8) is 0 Å². The molecule has 0 amide bonds. The molecular formula is C19H34O2Si. The third kappa shape index (κ3) is 7.57. The highest BCUT2D eigenvalue weighted by Gasteiger charge is 2.26. The second-order valence-corrected chi connectivity index (χ2v) is 8.06. The van der Waals surface area contributed by atoms with Gasteiger partial charge < -0.3 is 8.85 Å². The van der Waals surface area contributed by atoms with Crippen LogP contribution in [0.2, 0.25) is 0 Å². The maximum absolute atomic E-state index is 6.01. The molecule has 3 heteroatoms. The molecule has 126 valence electrons. The lowest BCUT2D eigenvalue weighted by molar-refractivity contribution is 0.202. The van der Waals surface area contributed by atoms with Gasteiger partial charge in [-0.2, -0.15) is 0 Å². The first-order valence-corrected chi connectivity index (χ1v) is 10.7. The fourth-order valence-corrected chi connectivity index (χ4v) is 5.18. The van der Waals surface area contributed by atoms with Gasteiger partial charge in [-0.3, -0.25) is 0 Å². The molecule has 0 aliphatic heterocycles. The Hall–Kier alpha value is -0.643. The predicted molar refractivity (Wildman–Crippen MR) is 97.6 cm³/mol. The molecule has 0 heterocycles. The van der Waals surface area contributed by atoms with Crippen LogP contribution in [0.25, 0.3) is 0 Å². The van der Waals surface area contributed by atoms with Crippen molar-refractivity contribution in [1.29, 1.82) is 0 Å². The Morgan fingerprint density at radius 1 is 0.818 bits per heavy atom. The molecule has 0 N–H and O–H groups in total. The fourth-order valence-electron chi connectivity index (χ4n) is 2.91. The molecule has 1 atom stereocenters. The molecular weight excluding hydrogens is 288 g/mol. The van der Waals surface area contributed by atoms with E-state index < -0.39 is 9.28 Å². The van der Waals surface area contributed by atoms with Gasteiger partial charge in [-0.15, -0.1) is 0 Å². The average Bonchev–Trinajstić information content (AvgIpc) is 2.55. The minimum atomic E-state index is -1.64. The molecule has 0 aliphatic carbocycles. The van der Waals surface area contributed by atoms with E-state index in [0.29, 0.717) is 5.54 Å². The molecule has 1 rings (SSSR count). The Morgan fingerprint density at radius 2 is 1.41 bits per heavy atom. The van der Waals surface area contributed by atoms with Crippen LogP contribution in [0.5, 0.6) is 0 Å². The van der Waals surface area contributed by atoms with Crippen molar-refractivity contribution in [2.24, 2.45) is 0 Å². The van der Waals surface area contributed by atoms with Crippen molar-refractivity contribution >= 4 is 9.28 Å². The second kappa shape index (κ2) is 12.9. The molecule has 0 saturated carbocycles. The number of benzene rings is 1. The van der Waals surface area contributed by atoms with Gasteiger partial charge in [0.25, 0.3) is 0 Å². The molecule has 0 saturated heterocycles. The number of rotatable bonds is 13. The van der Waals surface area contributed by atoms with E-state index in [2.05, 4.69) is 51.1 Å². The van der Waals surface area contributed by atoms with Crippen LogP contribution in [0.4, 0.5) is 0 Å². The van der Waals surface area contributed by atoms with Gasteiger partial charge >= 0.3 is 9.28 Å². The fraction of sp³-hybridized carbons (Fsp3) is 0.684. The van der Waals surface area contributed by atoms with Gasteiger partial charge in [0.05, 0.1) is 0 Å². The monoisotopic (exact) mass is 322 g/mol. The lowest BCUT2D eigenvalue weighted by Gasteiger charge is -2.25. The highest BCUT2D eigenvalue weighted by molar-refractivity contribution is 6.46. The highest BCUT2D eigenvalue weighted by atomic mass is 28.3. The van der Waals surface area contributed by atoms with Crippen LogP contribution in [0.3, 0.4) is 0 Å². The number of hydrogen-bond acceptors (Lipinski definition) is 2. The topological polar surface area (TPSA) is 18.5 Å². The Balaban J connectivity index is 2.57. The average molecular weight is 323 g/mol. The Morgan fingerprint density at radius 3 is 2.00 bits per heavy atom. The van der Waals surface area contributed by atoms with Crippen molar-refractivity contribution in [3.05, 3.63) is 35.9 Å². The summed E-state index contributed by atoms with van der Waals surface area (Å²) in [6.45, 7) is 7.94. The van der Waals surface area contributed by atoms with Crippen LogP contribution in [0.1, 0.15) is 76.8 Å². The third-order valence-corrected chi connectivity index (χ3v) is 6.79. The van der Waals surface area contributed by atoms with Gasteiger partial charge in [0.2, 0.25) is 0 Å². The quantitative estimate of drug-likeness (QED) is 0.360. The zero-order valence-corrected chi connectivity index (χ0v) is 15.9. The molecule has 0 fully saturated rings. The van der Waals surface area contributed by atoms with Crippen molar-refractivity contribution in [2.45, 2.75) is 71.3 Å². The lowest BCUT2D eigenvalue weighted by Crippen LogP contribution is -2.31. The van der Waals surface area contributed by atoms with Gasteiger partial charge in [-0.25, -0.2) is 0 Å². The van der Waals surface area contributed by atoms with Crippen LogP contribution in [-0.2, 0) is 8.85 Å². The summed E-state index contributed by atoms with van der Waals surface area (Å²) < 4.78 is 12.0. The van der Waals surface area contributed by atoms with Crippen molar-refractivity contribution < 1.29 is 8.85 Å². The van der Waals surface area contributed by atoms with Crippen LogP contribution < -0.4 is 0 Å². The molecule has 0 spiro atoms. The largest absolute Gasteiger partial charge is 0.396 e. The molecule has 0 radical (unpaired) electrons. The van der Waals surface area contributed by atoms with Gasteiger partial charge in [0.1, 0.15) is 0 Å². The van der Waals surface area contributed by atoms with Gasteiger partial charge in [0.15, 0.2) is 0 Å². The summed E-state index contributed by atoms with van der Waals surface area (Å²) in [4.78, 5) is 0. The number of unbranched alkanes of at least 4 members (excludes halogenated alkanes) is 5. The van der Waals surface area contributed by atoms with Gasteiger partial charge in [-0.1, -0.05) is 75.8 Å². The predicted octanol–water partition coefficient (Wildman–Crippen LogP) is 5.35. The van der Waals surface area contributed by atoms with E-state index in [1.165, 1.54) is 50.5 Å². The van der Waals surface area contributed by atoms with E-state index >= 15 is 0 Å². The van der Waals surface area contributed by atoms with Crippen LogP contribution in [0, 0.1) is 0 Å². The van der Waals surface area contributed by atoms with E-state index in [1.54, 1.807) is 0 Å². The zero-order valence-electron chi connectivity index (χ0n) is 14.7. The zero-order chi connectivity index (χ0) is 16.0. The molecule has 1 aromatic rings. The van der Waals surface area contributed by atoms with E-state index in [0.717, 1.165) is 13.2 Å². The SMILES string of the molecule is CCCCCCCCC(c1ccccc1)[SiH](OCC)OCC. The van der Waals surface area contributed by atoms with Crippen molar-refractivity contribution in [3.8, 4) is 0 Å². The molecule has 1 unspecified atom stereocenters. The number of hydrogen-bond donors (Lipinski definition) is 0. The minimum Gasteiger partial charge on any atom is -0.396 e. The highest BCUT2D eigenvalue weighted by Crippen LogP contribution is 2.27. The van der Waals surface area contributed by atoms with Gasteiger partial charge in [-0.05, 0) is 25.8 Å². The second-order valence-electron chi connectivity index (χ2n) is 5.85. The summed E-state index contributed by atoms with van der Waals surface area (Å²) in [6.07, 6.45) is 9.26. The summed E-state index contributed by atoms with van der Waals surface area (Å²) in [7, 11) is -1.64. The Bertz CT molecular complexity index is 350. The smallest absolute Gasteiger partial charge is 0.329 e. The van der Waals surface area contributed by atoms with E-state index in [4.69, 9.17) is 8.85 Å². The lowest BCUT2D eigenvalue weighted by atomic mass is 10.0. The van der Waals surface area contributed by atoms with Crippen molar-refractivity contribution in [1.82, 2.24) is 0 Å². The summed E-state index contributed by atoms with van der Waals surface area (Å²) in [6, 6.07) is 10.8. The van der Waals surface area contributed by atoms with E-state index in [1.807, 2.05) is 0 Å². The Kier molecular flexibility index (Phi) is 11.3. The molecule has 0 aliphatic rings. The minimum absolute atomic E-state index is 0.479. The van der Waals surface area contributed by atoms with E-state index in [-0.39, 0.29) is 0 Å². The molecule has 1 aromatic carbocycles. The van der Waals surface area contributed by atoms with Crippen LogP contribution >= 0.6 is 0 Å². The maximum Gasteiger partial charge on any atom is 0.329 e. The van der Waals surface area contributed by atoms with Crippen molar-refractivity contribution in [2.75, 3.05) is 13.2 Å². The van der Waals surface area contributed by atoms with Crippen LogP contribution in [-0.4, -0.2) is 22.5 Å². The van der Waals surface area contributed by atoms with Gasteiger partial charge in [0, 0.05) is 18.8 Å².